The summed E-state index contributed by atoms with van der Waals surface area (Å²) in [7, 11) is 2.27. The van der Waals surface area contributed by atoms with Crippen LogP contribution in [0.2, 0.25) is 0 Å². The summed E-state index contributed by atoms with van der Waals surface area (Å²) in [5, 5.41) is 0. The van der Waals surface area contributed by atoms with Gasteiger partial charge in [0.25, 0.3) is 0 Å². The summed E-state index contributed by atoms with van der Waals surface area (Å²) in [4.78, 5) is 5.06. The number of hydrogen-bond donors (Lipinski definition) is 0. The highest BCUT2D eigenvalue weighted by Gasteiger charge is 2.22. The van der Waals surface area contributed by atoms with Gasteiger partial charge in [0.15, 0.2) is 0 Å². The lowest BCUT2D eigenvalue weighted by Gasteiger charge is -2.30. The molecule has 1 atom stereocenters. The summed E-state index contributed by atoms with van der Waals surface area (Å²) in [5.41, 5.74) is 0. The van der Waals surface area contributed by atoms with Gasteiger partial charge in [-0.05, 0) is 19.3 Å². The first-order valence-electron chi connectivity index (χ1n) is 16.5. The fraction of sp³-hybridized carbons (Fsp3) is 0.939. The van der Waals surface area contributed by atoms with E-state index in [-0.39, 0.29) is 0 Å². The van der Waals surface area contributed by atoms with Crippen LogP contribution in [0.4, 0.5) is 0 Å². The lowest BCUT2D eigenvalue weighted by Crippen LogP contribution is -2.37. The Morgan fingerprint density at radius 3 is 1.17 bits per heavy atom. The first-order valence-corrected chi connectivity index (χ1v) is 16.5. The van der Waals surface area contributed by atoms with Crippen LogP contribution in [0, 0.1) is 0 Å². The van der Waals surface area contributed by atoms with Crippen molar-refractivity contribution in [1.82, 2.24) is 9.80 Å². The molecule has 0 fully saturated rings. The van der Waals surface area contributed by atoms with Crippen LogP contribution < -0.4 is 0 Å². The maximum absolute atomic E-state index is 2.62. The van der Waals surface area contributed by atoms with Gasteiger partial charge < -0.3 is 9.80 Å². The highest BCUT2D eigenvalue weighted by Crippen LogP contribution is 2.22. The molecule has 35 heavy (non-hydrogen) atoms. The van der Waals surface area contributed by atoms with Crippen molar-refractivity contribution in [3.05, 3.63) is 12.4 Å². The van der Waals surface area contributed by atoms with Gasteiger partial charge in [0.1, 0.15) is 6.17 Å². The summed E-state index contributed by atoms with van der Waals surface area (Å²) in [6, 6.07) is 0. The van der Waals surface area contributed by atoms with Crippen molar-refractivity contribution in [3.8, 4) is 0 Å². The largest absolute Gasteiger partial charge is 0.359 e. The van der Waals surface area contributed by atoms with Crippen LogP contribution in [0.15, 0.2) is 12.4 Å². The minimum atomic E-state index is 0.621. The standard InChI is InChI=1S/C33H66N2/c1-4-6-8-10-12-14-16-17-18-19-20-21-23-25-27-29-33-34(3)31-32-35(33)30-28-26-24-22-15-13-11-9-7-5-2/h31-33H,4-30H2,1-3H3. The number of rotatable bonds is 27. The molecule has 0 radical (unpaired) electrons. The summed E-state index contributed by atoms with van der Waals surface area (Å²) < 4.78 is 0. The molecule has 0 aromatic rings. The molecule has 2 nitrogen and oxygen atoms in total. The number of unbranched alkanes of at least 4 members (excludes halogenated alkanes) is 23. The highest BCUT2D eigenvalue weighted by atomic mass is 15.4. The molecule has 1 rings (SSSR count). The SMILES string of the molecule is CCCCCCCCCCCCCCCCCC1N(C)C=CN1CCCCCCCCCCCC. The fourth-order valence-electron chi connectivity index (χ4n) is 5.70. The molecule has 0 saturated heterocycles. The van der Waals surface area contributed by atoms with Crippen molar-refractivity contribution < 1.29 is 0 Å². The second-order valence-corrected chi connectivity index (χ2v) is 11.6. The summed E-state index contributed by atoms with van der Waals surface area (Å²) >= 11 is 0. The van der Waals surface area contributed by atoms with Crippen molar-refractivity contribution in [2.24, 2.45) is 0 Å². The topological polar surface area (TPSA) is 6.48 Å². The minimum Gasteiger partial charge on any atom is -0.359 e. The van der Waals surface area contributed by atoms with E-state index in [1.807, 2.05) is 0 Å². The van der Waals surface area contributed by atoms with Crippen LogP contribution in [-0.2, 0) is 0 Å². The van der Waals surface area contributed by atoms with Crippen LogP contribution in [0.25, 0.3) is 0 Å². The Kier molecular flexibility index (Phi) is 23.1. The first-order chi connectivity index (χ1) is 17.3. The molecular weight excluding hydrogens is 424 g/mol. The Balaban J connectivity index is 1.89. The Hall–Kier alpha value is -0.660. The van der Waals surface area contributed by atoms with E-state index in [0.29, 0.717) is 6.17 Å². The molecule has 0 amide bonds. The van der Waals surface area contributed by atoms with Gasteiger partial charge in [0.2, 0.25) is 0 Å². The van der Waals surface area contributed by atoms with Gasteiger partial charge in [-0.15, -0.1) is 0 Å². The van der Waals surface area contributed by atoms with Gasteiger partial charge in [-0.3, -0.25) is 0 Å². The van der Waals surface area contributed by atoms with Gasteiger partial charge in [-0.25, -0.2) is 0 Å². The average Bonchev–Trinajstić information content (AvgIpc) is 3.21. The molecule has 208 valence electrons. The summed E-state index contributed by atoms with van der Waals surface area (Å²) in [5.74, 6) is 0. The van der Waals surface area contributed by atoms with Gasteiger partial charge in [0.05, 0.1) is 0 Å². The normalized spacial score (nSPS) is 15.6. The molecule has 2 heteroatoms. The Labute approximate surface area is 222 Å². The van der Waals surface area contributed by atoms with Gasteiger partial charge in [-0.1, -0.05) is 162 Å². The van der Waals surface area contributed by atoms with Crippen LogP contribution in [0.5, 0.6) is 0 Å². The minimum absolute atomic E-state index is 0.621. The molecule has 0 N–H and O–H groups in total. The van der Waals surface area contributed by atoms with Crippen LogP contribution in [0.3, 0.4) is 0 Å². The quantitative estimate of drug-likeness (QED) is 0.106. The summed E-state index contributed by atoms with van der Waals surface area (Å²) in [6.07, 6.45) is 42.6. The van der Waals surface area contributed by atoms with Gasteiger partial charge in [-0.2, -0.15) is 0 Å². The zero-order valence-corrected chi connectivity index (χ0v) is 24.7. The zero-order valence-electron chi connectivity index (χ0n) is 24.7. The second-order valence-electron chi connectivity index (χ2n) is 11.6. The van der Waals surface area contributed by atoms with E-state index in [4.69, 9.17) is 0 Å². The predicted octanol–water partition coefficient (Wildman–Crippen LogP) is 11.2. The zero-order chi connectivity index (χ0) is 25.2. The smallest absolute Gasteiger partial charge is 0.100 e. The van der Waals surface area contributed by atoms with Crippen LogP contribution >= 0.6 is 0 Å². The maximum atomic E-state index is 2.62. The highest BCUT2D eigenvalue weighted by molar-refractivity contribution is 4.95. The Bertz CT molecular complexity index is 446. The van der Waals surface area contributed by atoms with E-state index in [0.717, 1.165) is 0 Å². The first kappa shape index (κ1) is 32.4. The molecule has 0 aromatic heterocycles. The van der Waals surface area contributed by atoms with Crippen LogP contribution in [-0.4, -0.2) is 29.6 Å². The van der Waals surface area contributed by atoms with Gasteiger partial charge >= 0.3 is 0 Å². The molecule has 1 unspecified atom stereocenters. The van der Waals surface area contributed by atoms with E-state index >= 15 is 0 Å². The molecule has 1 aliphatic heterocycles. The molecule has 1 heterocycles. The van der Waals surface area contributed by atoms with Crippen molar-refractivity contribution in [2.75, 3.05) is 13.6 Å². The van der Waals surface area contributed by atoms with Crippen molar-refractivity contribution in [2.45, 2.75) is 187 Å². The lowest BCUT2D eigenvalue weighted by molar-refractivity contribution is 0.159. The molecule has 0 spiro atoms. The third-order valence-electron chi connectivity index (χ3n) is 8.18. The second kappa shape index (κ2) is 25.0. The average molecular weight is 491 g/mol. The molecule has 0 saturated carbocycles. The van der Waals surface area contributed by atoms with E-state index in [9.17, 15) is 0 Å². The number of hydrogen-bond acceptors (Lipinski definition) is 2. The van der Waals surface area contributed by atoms with Crippen molar-refractivity contribution in [1.29, 1.82) is 0 Å². The van der Waals surface area contributed by atoms with E-state index in [2.05, 4.69) is 43.1 Å². The van der Waals surface area contributed by atoms with Crippen LogP contribution in [0.1, 0.15) is 181 Å². The molecular formula is C33H66N2. The van der Waals surface area contributed by atoms with Gasteiger partial charge in [0, 0.05) is 26.0 Å². The monoisotopic (exact) mass is 491 g/mol. The molecule has 0 bridgehead atoms. The fourth-order valence-corrected chi connectivity index (χ4v) is 5.70. The molecule has 0 aliphatic carbocycles. The lowest BCUT2D eigenvalue weighted by atomic mass is 10.0. The Morgan fingerprint density at radius 2 is 0.771 bits per heavy atom. The third kappa shape index (κ3) is 19.2. The third-order valence-corrected chi connectivity index (χ3v) is 8.18. The Morgan fingerprint density at radius 1 is 0.429 bits per heavy atom. The van der Waals surface area contributed by atoms with E-state index < -0.39 is 0 Å². The maximum Gasteiger partial charge on any atom is 0.100 e. The number of nitrogens with zero attached hydrogens (tertiary/aromatic N) is 2. The van der Waals surface area contributed by atoms with E-state index in [1.165, 1.54) is 173 Å². The predicted molar refractivity (Wildman–Crippen MR) is 159 cm³/mol. The molecule has 0 aromatic carbocycles. The van der Waals surface area contributed by atoms with E-state index in [1.54, 1.807) is 0 Å². The summed E-state index contributed by atoms with van der Waals surface area (Å²) in [6.45, 7) is 5.86. The van der Waals surface area contributed by atoms with Crippen molar-refractivity contribution in [3.63, 3.8) is 0 Å². The van der Waals surface area contributed by atoms with Crippen molar-refractivity contribution >= 4 is 0 Å². The molecule has 1 aliphatic rings.